The van der Waals surface area contributed by atoms with Crippen molar-refractivity contribution in [2.75, 3.05) is 20.8 Å². The minimum Gasteiger partial charge on any atom is -0.493 e. The van der Waals surface area contributed by atoms with Gasteiger partial charge in [-0.05, 0) is 60.2 Å². The first kappa shape index (κ1) is 20.2. The summed E-state index contributed by atoms with van der Waals surface area (Å²) in [5, 5.41) is 0. The van der Waals surface area contributed by atoms with E-state index in [0.29, 0.717) is 18.0 Å². The molecule has 2 aromatic carbocycles. The Morgan fingerprint density at radius 2 is 1.71 bits per heavy atom. The summed E-state index contributed by atoms with van der Waals surface area (Å²) in [7, 11) is 3.22. The Kier molecular flexibility index (Phi) is 6.22. The normalized spacial score (nSPS) is 16.1. The Labute approximate surface area is 166 Å². The van der Waals surface area contributed by atoms with Crippen molar-refractivity contribution in [3.05, 3.63) is 58.9 Å². The Balaban J connectivity index is 2.13. The molecule has 1 heterocycles. The van der Waals surface area contributed by atoms with E-state index in [1.54, 1.807) is 26.4 Å². The van der Waals surface area contributed by atoms with Crippen LogP contribution in [0.2, 0.25) is 0 Å². The number of benzene rings is 2. The molecule has 5 heteroatoms. The van der Waals surface area contributed by atoms with Gasteiger partial charge < -0.3 is 14.4 Å². The van der Waals surface area contributed by atoms with Crippen molar-refractivity contribution in [3.8, 4) is 11.5 Å². The highest BCUT2D eigenvalue weighted by atomic mass is 19.1. The smallest absolute Gasteiger partial charge is 0.226 e. The van der Waals surface area contributed by atoms with E-state index in [0.717, 1.165) is 36.0 Å². The molecule has 0 saturated carbocycles. The zero-order valence-electron chi connectivity index (χ0n) is 17.0. The van der Waals surface area contributed by atoms with Gasteiger partial charge in [-0.25, -0.2) is 4.39 Å². The summed E-state index contributed by atoms with van der Waals surface area (Å²) in [4.78, 5) is 15.2. The third kappa shape index (κ3) is 3.71. The Morgan fingerprint density at radius 1 is 1.11 bits per heavy atom. The number of carbonyl (C=O) groups excluding carboxylic acids is 1. The summed E-state index contributed by atoms with van der Waals surface area (Å²) in [6.45, 7) is 4.72. The second kappa shape index (κ2) is 8.63. The number of hydrogen-bond donors (Lipinski definition) is 0. The SMILES string of the molecule is CCC(CC)C(=O)N1CCc2cc(OC)c(OC)cc2[C@H]1c1ccc(F)cc1. The number of methoxy groups -OCH3 is 2. The van der Waals surface area contributed by atoms with Crippen molar-refractivity contribution in [2.45, 2.75) is 39.2 Å². The van der Waals surface area contributed by atoms with E-state index in [-0.39, 0.29) is 23.7 Å². The number of amides is 1. The molecule has 0 fully saturated rings. The highest BCUT2D eigenvalue weighted by Crippen LogP contribution is 2.41. The van der Waals surface area contributed by atoms with Crippen molar-refractivity contribution in [3.63, 3.8) is 0 Å². The first-order chi connectivity index (χ1) is 13.5. The van der Waals surface area contributed by atoms with E-state index < -0.39 is 0 Å². The second-order valence-electron chi connectivity index (χ2n) is 7.16. The van der Waals surface area contributed by atoms with Gasteiger partial charge in [-0.3, -0.25) is 4.79 Å². The van der Waals surface area contributed by atoms with Crippen molar-refractivity contribution >= 4 is 5.91 Å². The highest BCUT2D eigenvalue weighted by Gasteiger charge is 2.35. The van der Waals surface area contributed by atoms with Crippen LogP contribution in [0.25, 0.3) is 0 Å². The molecule has 1 atom stereocenters. The first-order valence-electron chi connectivity index (χ1n) is 9.84. The average Bonchev–Trinajstić information content (AvgIpc) is 2.73. The zero-order valence-corrected chi connectivity index (χ0v) is 17.0. The molecule has 4 nitrogen and oxygen atoms in total. The van der Waals surface area contributed by atoms with Crippen LogP contribution in [0.4, 0.5) is 4.39 Å². The van der Waals surface area contributed by atoms with Crippen LogP contribution in [0.5, 0.6) is 11.5 Å². The first-order valence-corrected chi connectivity index (χ1v) is 9.84. The molecule has 0 spiro atoms. The van der Waals surface area contributed by atoms with Gasteiger partial charge in [0.05, 0.1) is 20.3 Å². The molecule has 0 aromatic heterocycles. The minimum absolute atomic E-state index is 0.00959. The van der Waals surface area contributed by atoms with Crippen LogP contribution in [0, 0.1) is 11.7 Å². The molecular weight excluding hydrogens is 357 g/mol. The lowest BCUT2D eigenvalue weighted by molar-refractivity contribution is -0.137. The number of halogens is 1. The van der Waals surface area contributed by atoms with Crippen LogP contribution in [0.1, 0.15) is 49.4 Å². The van der Waals surface area contributed by atoms with Crippen LogP contribution < -0.4 is 9.47 Å². The van der Waals surface area contributed by atoms with E-state index in [2.05, 4.69) is 0 Å². The van der Waals surface area contributed by atoms with Crippen molar-refractivity contribution < 1.29 is 18.7 Å². The summed E-state index contributed by atoms with van der Waals surface area (Å²) in [5.74, 6) is 1.17. The minimum atomic E-state index is -0.287. The summed E-state index contributed by atoms with van der Waals surface area (Å²) in [6, 6.07) is 10.1. The molecular formula is C23H28FNO3. The maximum absolute atomic E-state index is 13.5. The van der Waals surface area contributed by atoms with Gasteiger partial charge in [0.1, 0.15) is 5.82 Å². The lowest BCUT2D eigenvalue weighted by Crippen LogP contribution is -2.43. The Bertz CT molecular complexity index is 830. The number of nitrogens with zero attached hydrogens (tertiary/aromatic N) is 1. The number of hydrogen-bond acceptors (Lipinski definition) is 3. The number of carbonyl (C=O) groups is 1. The average molecular weight is 385 g/mol. The van der Waals surface area contributed by atoms with E-state index in [9.17, 15) is 9.18 Å². The topological polar surface area (TPSA) is 38.8 Å². The van der Waals surface area contributed by atoms with Crippen molar-refractivity contribution in [1.82, 2.24) is 4.90 Å². The maximum Gasteiger partial charge on any atom is 0.226 e. The molecule has 0 N–H and O–H groups in total. The summed E-state index contributed by atoms with van der Waals surface area (Å²) < 4.78 is 24.5. The van der Waals surface area contributed by atoms with Crippen LogP contribution >= 0.6 is 0 Å². The largest absolute Gasteiger partial charge is 0.493 e. The van der Waals surface area contributed by atoms with Gasteiger partial charge in [0, 0.05) is 12.5 Å². The molecule has 0 bridgehead atoms. The number of fused-ring (bicyclic) bond motifs is 1. The molecule has 1 aliphatic heterocycles. The second-order valence-corrected chi connectivity index (χ2v) is 7.16. The molecule has 2 aromatic rings. The molecule has 1 amide bonds. The lowest BCUT2D eigenvalue weighted by Gasteiger charge is -2.39. The number of rotatable bonds is 6. The third-order valence-electron chi connectivity index (χ3n) is 5.68. The highest BCUT2D eigenvalue weighted by molar-refractivity contribution is 5.80. The molecule has 0 saturated heterocycles. The fraction of sp³-hybridized carbons (Fsp3) is 0.435. The monoisotopic (exact) mass is 385 g/mol. The zero-order chi connectivity index (χ0) is 20.3. The van der Waals surface area contributed by atoms with Crippen LogP contribution in [0.3, 0.4) is 0 Å². The van der Waals surface area contributed by atoms with Crippen LogP contribution in [-0.2, 0) is 11.2 Å². The lowest BCUT2D eigenvalue weighted by atomic mass is 9.86. The fourth-order valence-electron chi connectivity index (χ4n) is 4.06. The predicted molar refractivity (Wildman–Crippen MR) is 107 cm³/mol. The van der Waals surface area contributed by atoms with Gasteiger partial charge in [0.2, 0.25) is 5.91 Å². The molecule has 0 unspecified atom stereocenters. The van der Waals surface area contributed by atoms with E-state index >= 15 is 0 Å². The molecule has 0 aliphatic carbocycles. The molecule has 150 valence electrons. The van der Waals surface area contributed by atoms with E-state index in [1.807, 2.05) is 30.9 Å². The molecule has 1 aliphatic rings. The van der Waals surface area contributed by atoms with Crippen LogP contribution in [0.15, 0.2) is 36.4 Å². The maximum atomic E-state index is 13.5. The number of ether oxygens (including phenoxy) is 2. The van der Waals surface area contributed by atoms with Gasteiger partial charge in [-0.1, -0.05) is 26.0 Å². The predicted octanol–water partition coefficient (Wildman–Crippen LogP) is 4.75. The van der Waals surface area contributed by atoms with Crippen LogP contribution in [-0.4, -0.2) is 31.6 Å². The van der Waals surface area contributed by atoms with Gasteiger partial charge >= 0.3 is 0 Å². The van der Waals surface area contributed by atoms with Crippen molar-refractivity contribution in [1.29, 1.82) is 0 Å². The molecule has 3 rings (SSSR count). The molecule has 28 heavy (non-hydrogen) atoms. The summed E-state index contributed by atoms with van der Waals surface area (Å²) >= 11 is 0. The van der Waals surface area contributed by atoms with E-state index in [4.69, 9.17) is 9.47 Å². The molecule has 0 radical (unpaired) electrons. The van der Waals surface area contributed by atoms with Gasteiger partial charge in [-0.2, -0.15) is 0 Å². The summed E-state index contributed by atoms with van der Waals surface area (Å²) in [5.41, 5.74) is 3.03. The van der Waals surface area contributed by atoms with Gasteiger partial charge in [0.25, 0.3) is 0 Å². The standard InChI is InChI=1S/C23H28FNO3/c1-5-15(6-2)23(26)25-12-11-17-13-20(27-3)21(28-4)14-19(17)22(25)16-7-9-18(24)10-8-16/h7-10,13-15,22H,5-6,11-12H2,1-4H3/t22-/m1/s1. The third-order valence-corrected chi connectivity index (χ3v) is 5.68. The van der Waals surface area contributed by atoms with Gasteiger partial charge in [0.15, 0.2) is 11.5 Å². The quantitative estimate of drug-likeness (QED) is 0.720. The van der Waals surface area contributed by atoms with Crippen molar-refractivity contribution in [2.24, 2.45) is 5.92 Å². The van der Waals surface area contributed by atoms with Gasteiger partial charge in [-0.15, -0.1) is 0 Å². The summed E-state index contributed by atoms with van der Waals surface area (Å²) in [6.07, 6.45) is 2.36. The van der Waals surface area contributed by atoms with E-state index in [1.165, 1.54) is 12.1 Å². The fourth-order valence-corrected chi connectivity index (χ4v) is 4.06. The Morgan fingerprint density at radius 3 is 2.29 bits per heavy atom. The Hall–Kier alpha value is -2.56.